The highest BCUT2D eigenvalue weighted by molar-refractivity contribution is 8.14. The molecular formula is C22H20ClF2N5O2S. The Kier molecular flexibility index (Phi) is 6.15. The normalized spacial score (nSPS) is 20.4. The van der Waals surface area contributed by atoms with E-state index >= 15 is 4.39 Å². The van der Waals surface area contributed by atoms with Crippen molar-refractivity contribution in [1.82, 2.24) is 10.1 Å². The van der Waals surface area contributed by atoms with Gasteiger partial charge in [-0.2, -0.15) is 0 Å². The highest BCUT2D eigenvalue weighted by Crippen LogP contribution is 2.49. The lowest BCUT2D eigenvalue weighted by atomic mass is 9.85. The van der Waals surface area contributed by atoms with Crippen LogP contribution in [0.25, 0.3) is 0 Å². The Labute approximate surface area is 197 Å². The maximum atomic E-state index is 15.0. The number of aromatic nitrogens is 2. The van der Waals surface area contributed by atoms with Crippen molar-refractivity contribution in [2.75, 3.05) is 5.32 Å². The predicted octanol–water partition coefficient (Wildman–Crippen LogP) is 5.28. The molecule has 3 heterocycles. The van der Waals surface area contributed by atoms with Gasteiger partial charge < -0.3 is 15.6 Å². The SMILES string of the molecule is Cc1noc(C)c1[C@@H]1C[C@@](C)(c2cc(NC(=O)c3ccc(Cl)cn3)cc(F)c2F)N=C(N)S1. The maximum absolute atomic E-state index is 15.0. The number of carbonyl (C=O) groups is 1. The minimum Gasteiger partial charge on any atom is -0.378 e. The first-order valence-electron chi connectivity index (χ1n) is 9.94. The molecule has 1 aliphatic heterocycles. The van der Waals surface area contributed by atoms with Crippen molar-refractivity contribution >= 4 is 40.1 Å². The Morgan fingerprint density at radius 2 is 2.09 bits per heavy atom. The molecule has 0 unspecified atom stereocenters. The van der Waals surface area contributed by atoms with Crippen LogP contribution in [0.1, 0.15) is 51.7 Å². The summed E-state index contributed by atoms with van der Waals surface area (Å²) in [7, 11) is 0. The summed E-state index contributed by atoms with van der Waals surface area (Å²) >= 11 is 7.11. The number of halogens is 3. The van der Waals surface area contributed by atoms with Gasteiger partial charge in [0.2, 0.25) is 0 Å². The van der Waals surface area contributed by atoms with E-state index < -0.39 is 23.1 Å². The quantitative estimate of drug-likeness (QED) is 0.514. The molecule has 1 amide bonds. The smallest absolute Gasteiger partial charge is 0.274 e. The van der Waals surface area contributed by atoms with Crippen molar-refractivity contribution in [3.05, 3.63) is 75.4 Å². The fraction of sp³-hybridized carbons (Fsp3) is 0.273. The van der Waals surface area contributed by atoms with Gasteiger partial charge in [0.1, 0.15) is 11.5 Å². The van der Waals surface area contributed by atoms with Crippen LogP contribution in [-0.4, -0.2) is 21.2 Å². The molecule has 172 valence electrons. The number of hydrogen-bond acceptors (Lipinski definition) is 7. The largest absolute Gasteiger partial charge is 0.378 e. The van der Waals surface area contributed by atoms with Crippen LogP contribution in [0, 0.1) is 25.5 Å². The van der Waals surface area contributed by atoms with Gasteiger partial charge in [0.25, 0.3) is 5.91 Å². The lowest BCUT2D eigenvalue weighted by Crippen LogP contribution is -2.32. The summed E-state index contributed by atoms with van der Waals surface area (Å²) in [5.74, 6) is -2.13. The molecule has 4 rings (SSSR count). The summed E-state index contributed by atoms with van der Waals surface area (Å²) in [5.41, 5.74) is 6.56. The Morgan fingerprint density at radius 1 is 1.33 bits per heavy atom. The predicted molar refractivity (Wildman–Crippen MR) is 123 cm³/mol. The summed E-state index contributed by atoms with van der Waals surface area (Å²) in [6.45, 7) is 5.28. The molecule has 11 heteroatoms. The van der Waals surface area contributed by atoms with Gasteiger partial charge in [0, 0.05) is 34.3 Å². The second-order valence-electron chi connectivity index (χ2n) is 7.91. The number of nitrogens with one attached hydrogen (secondary N) is 1. The number of benzene rings is 1. The van der Waals surface area contributed by atoms with E-state index in [0.717, 1.165) is 11.6 Å². The first-order valence-corrected chi connectivity index (χ1v) is 11.2. The average Bonchev–Trinajstić information content (AvgIpc) is 3.08. The van der Waals surface area contributed by atoms with E-state index in [9.17, 15) is 9.18 Å². The Hall–Kier alpha value is -2.98. The van der Waals surface area contributed by atoms with Crippen LogP contribution in [0.2, 0.25) is 5.02 Å². The van der Waals surface area contributed by atoms with Crippen LogP contribution >= 0.6 is 23.4 Å². The van der Waals surface area contributed by atoms with E-state index in [-0.39, 0.29) is 27.4 Å². The number of nitrogens with two attached hydrogens (primary N) is 1. The number of aryl methyl sites for hydroxylation is 2. The maximum Gasteiger partial charge on any atom is 0.274 e. The molecule has 0 aliphatic carbocycles. The molecule has 33 heavy (non-hydrogen) atoms. The second-order valence-corrected chi connectivity index (χ2v) is 9.57. The van der Waals surface area contributed by atoms with Gasteiger partial charge in [0.05, 0.1) is 16.3 Å². The van der Waals surface area contributed by atoms with Crippen LogP contribution in [0.3, 0.4) is 0 Å². The monoisotopic (exact) mass is 491 g/mol. The Bertz CT molecular complexity index is 1240. The average molecular weight is 492 g/mol. The zero-order chi connectivity index (χ0) is 23.9. The van der Waals surface area contributed by atoms with E-state index in [1.54, 1.807) is 13.8 Å². The minimum atomic E-state index is -1.19. The number of carbonyl (C=O) groups excluding carboxylic acids is 1. The number of anilines is 1. The fourth-order valence-corrected chi connectivity index (χ4v) is 5.42. The van der Waals surface area contributed by atoms with Crippen molar-refractivity contribution in [2.45, 2.75) is 38.0 Å². The molecule has 0 bridgehead atoms. The van der Waals surface area contributed by atoms with Gasteiger partial charge >= 0.3 is 0 Å². The lowest BCUT2D eigenvalue weighted by Gasteiger charge is -2.35. The first-order chi connectivity index (χ1) is 15.6. The van der Waals surface area contributed by atoms with Crippen LogP contribution in [-0.2, 0) is 5.54 Å². The Morgan fingerprint density at radius 3 is 2.73 bits per heavy atom. The number of thioether (sulfide) groups is 1. The van der Waals surface area contributed by atoms with Crippen molar-refractivity contribution in [3.8, 4) is 0 Å². The van der Waals surface area contributed by atoms with Gasteiger partial charge in [-0.05, 0) is 45.4 Å². The fourth-order valence-electron chi connectivity index (χ4n) is 3.90. The third-order valence-electron chi connectivity index (χ3n) is 5.44. The number of amidine groups is 1. The first kappa shape index (κ1) is 23.2. The van der Waals surface area contributed by atoms with Gasteiger partial charge in [-0.1, -0.05) is 28.5 Å². The number of amides is 1. The van der Waals surface area contributed by atoms with Crippen LogP contribution in [0.5, 0.6) is 0 Å². The lowest BCUT2D eigenvalue weighted by molar-refractivity contribution is 0.102. The zero-order valence-corrected chi connectivity index (χ0v) is 19.5. The molecule has 0 fully saturated rings. The van der Waals surface area contributed by atoms with Crippen molar-refractivity contribution in [2.24, 2.45) is 10.7 Å². The number of nitrogens with zero attached hydrogens (tertiary/aromatic N) is 3. The molecule has 1 aliphatic rings. The topological polar surface area (TPSA) is 106 Å². The van der Waals surface area contributed by atoms with Crippen molar-refractivity contribution in [3.63, 3.8) is 0 Å². The molecule has 0 radical (unpaired) electrons. The number of aliphatic imine (C=N–C) groups is 1. The summed E-state index contributed by atoms with van der Waals surface area (Å²) in [5, 5.41) is 6.91. The van der Waals surface area contributed by atoms with Gasteiger partial charge in [-0.3, -0.25) is 9.79 Å². The molecule has 3 N–H and O–H groups in total. The van der Waals surface area contributed by atoms with E-state index in [2.05, 4.69) is 20.4 Å². The van der Waals surface area contributed by atoms with E-state index in [1.165, 1.54) is 36.2 Å². The summed E-state index contributed by atoms with van der Waals surface area (Å²) in [6.07, 6.45) is 1.63. The molecule has 0 saturated carbocycles. The van der Waals surface area contributed by atoms with Gasteiger partial charge in [-0.25, -0.2) is 13.8 Å². The van der Waals surface area contributed by atoms with Gasteiger partial charge in [0.15, 0.2) is 16.8 Å². The van der Waals surface area contributed by atoms with Crippen molar-refractivity contribution < 1.29 is 18.1 Å². The Balaban J connectivity index is 1.70. The molecule has 3 aromatic rings. The number of rotatable bonds is 4. The molecule has 2 aromatic heterocycles. The molecule has 0 saturated heterocycles. The number of hydrogen-bond donors (Lipinski definition) is 2. The molecule has 7 nitrogen and oxygen atoms in total. The van der Waals surface area contributed by atoms with Gasteiger partial charge in [-0.15, -0.1) is 0 Å². The highest BCUT2D eigenvalue weighted by Gasteiger charge is 2.40. The van der Waals surface area contributed by atoms with Crippen LogP contribution < -0.4 is 11.1 Å². The summed E-state index contributed by atoms with van der Waals surface area (Å²) in [6, 6.07) is 5.21. The van der Waals surface area contributed by atoms with E-state index in [1.807, 2.05) is 6.92 Å². The van der Waals surface area contributed by atoms with Crippen LogP contribution in [0.15, 0.2) is 40.0 Å². The van der Waals surface area contributed by atoms with E-state index in [4.69, 9.17) is 21.9 Å². The highest BCUT2D eigenvalue weighted by atomic mass is 35.5. The van der Waals surface area contributed by atoms with Crippen molar-refractivity contribution in [1.29, 1.82) is 0 Å². The molecule has 1 aromatic carbocycles. The molecule has 2 atom stereocenters. The molecule has 0 spiro atoms. The minimum absolute atomic E-state index is 0.0260. The third-order valence-corrected chi connectivity index (χ3v) is 6.68. The third kappa shape index (κ3) is 4.58. The summed E-state index contributed by atoms with van der Waals surface area (Å²) < 4.78 is 34.9. The van der Waals surface area contributed by atoms with Crippen LogP contribution in [0.4, 0.5) is 14.5 Å². The van der Waals surface area contributed by atoms with E-state index in [0.29, 0.717) is 22.9 Å². The number of pyridine rings is 1. The zero-order valence-electron chi connectivity index (χ0n) is 17.9. The standard InChI is InChI=1S/C22H20ClF2N5O2S/c1-10-18(11(2)32-30-10)17-8-22(3,29-21(26)33-17)14-6-13(7-15(24)19(14)25)28-20(31)16-5-4-12(23)9-27-16/h4-7,9,17H,8H2,1-3H3,(H2,26,29)(H,28,31)/t17-,22-/m0/s1. The second kappa shape index (κ2) is 8.75. The summed E-state index contributed by atoms with van der Waals surface area (Å²) in [4.78, 5) is 20.9. The molecular weight excluding hydrogens is 472 g/mol.